The predicted octanol–water partition coefficient (Wildman–Crippen LogP) is 1.80. The summed E-state index contributed by atoms with van der Waals surface area (Å²) in [5.41, 5.74) is 1.37. The van der Waals surface area contributed by atoms with Crippen LogP contribution in [0.4, 0.5) is 0 Å². The Kier molecular flexibility index (Phi) is 8.50. The molecule has 0 spiro atoms. The van der Waals surface area contributed by atoms with Crippen molar-refractivity contribution in [2.24, 2.45) is 0 Å². The third-order valence-electron chi connectivity index (χ3n) is 3.45. The molecule has 0 radical (unpaired) electrons. The molecule has 0 unspecified atom stereocenters. The number of phenols is 3. The number of rotatable bonds is 3. The number of nitrogens with one attached hydrogen (secondary N) is 1. The van der Waals surface area contributed by atoms with Crippen molar-refractivity contribution in [3.63, 3.8) is 0 Å². The molecule has 0 fully saturated rings. The number of carboxylic acids is 2. The molecule has 3 aromatic rings. The van der Waals surface area contributed by atoms with E-state index in [-0.39, 0.29) is 13.0 Å². The van der Waals surface area contributed by atoms with Crippen LogP contribution in [0.15, 0.2) is 42.6 Å². The minimum Gasteiger partial charge on any atom is -0.504 e. The van der Waals surface area contributed by atoms with Gasteiger partial charge < -0.3 is 35.6 Å². The molecule has 29 heavy (non-hydrogen) atoms. The van der Waals surface area contributed by atoms with Gasteiger partial charge in [-0.1, -0.05) is 18.2 Å². The van der Waals surface area contributed by atoms with Crippen LogP contribution in [0, 0.1) is 11.3 Å². The number of aromatic nitrogens is 1. The van der Waals surface area contributed by atoms with E-state index in [2.05, 4.69) is 4.98 Å². The van der Waals surface area contributed by atoms with Crippen molar-refractivity contribution >= 4 is 22.8 Å². The first-order valence-electron chi connectivity index (χ1n) is 7.94. The minimum atomic E-state index is -1.37. The topological polar surface area (TPSA) is 195 Å². The van der Waals surface area contributed by atoms with Gasteiger partial charge in [-0.05, 0) is 23.8 Å². The van der Waals surface area contributed by atoms with Gasteiger partial charge in [-0.25, -0.2) is 4.79 Å². The Balaban J connectivity index is 0.000000247. The lowest BCUT2D eigenvalue weighted by molar-refractivity contribution is -0.136. The number of nitrogens with zero attached hydrogens (tertiary/aromatic N) is 1. The zero-order valence-corrected chi connectivity index (χ0v) is 14.9. The van der Waals surface area contributed by atoms with Crippen molar-refractivity contribution in [3.8, 4) is 23.3 Å². The largest absolute Gasteiger partial charge is 0.504 e. The van der Waals surface area contributed by atoms with Crippen molar-refractivity contribution in [1.29, 1.82) is 5.26 Å². The number of hydrogen-bond acceptors (Lipinski definition) is 7. The Morgan fingerprint density at radius 2 is 1.62 bits per heavy atom. The van der Waals surface area contributed by atoms with Crippen LogP contribution in [0.2, 0.25) is 0 Å². The number of nitriles is 1. The van der Waals surface area contributed by atoms with Crippen molar-refractivity contribution in [2.45, 2.75) is 6.42 Å². The van der Waals surface area contributed by atoms with Crippen molar-refractivity contribution in [3.05, 3.63) is 53.7 Å². The van der Waals surface area contributed by atoms with Gasteiger partial charge in [-0.2, -0.15) is 5.26 Å². The van der Waals surface area contributed by atoms with Gasteiger partial charge in [0.15, 0.2) is 11.5 Å². The molecule has 0 amide bonds. The first-order valence-corrected chi connectivity index (χ1v) is 7.94. The molecule has 10 heteroatoms. The molecule has 0 atom stereocenters. The molecule has 0 bridgehead atoms. The molecule has 0 saturated heterocycles. The molecule has 3 rings (SSSR count). The number of carboxylic acid groups (broad SMARTS) is 2. The summed E-state index contributed by atoms with van der Waals surface area (Å²) < 4.78 is 0. The summed E-state index contributed by atoms with van der Waals surface area (Å²) in [5.74, 6) is -4.39. The van der Waals surface area contributed by atoms with Crippen LogP contribution >= 0.6 is 0 Å². The highest BCUT2D eigenvalue weighted by Crippen LogP contribution is 2.36. The fraction of sp³-hybridized carbons (Fsp3) is 0.105. The van der Waals surface area contributed by atoms with Crippen molar-refractivity contribution in [2.75, 3.05) is 6.61 Å². The number of fused-ring (bicyclic) bond motifs is 1. The summed E-state index contributed by atoms with van der Waals surface area (Å²) >= 11 is 0. The number of aliphatic carboxylic acids is 1. The number of aromatic carboxylic acids is 1. The molecule has 0 aliphatic rings. The Bertz CT molecular complexity index is 1040. The number of para-hydroxylation sites is 1. The summed E-state index contributed by atoms with van der Waals surface area (Å²) in [5, 5.41) is 59.6. The monoisotopic (exact) mass is 402 g/mol. The van der Waals surface area contributed by atoms with E-state index in [0.29, 0.717) is 0 Å². The average Bonchev–Trinajstić information content (AvgIpc) is 3.09. The second-order valence-electron chi connectivity index (χ2n) is 5.38. The molecule has 0 saturated carbocycles. The predicted molar refractivity (Wildman–Crippen MR) is 101 cm³/mol. The number of aromatic amines is 1. The van der Waals surface area contributed by atoms with Gasteiger partial charge in [0.2, 0.25) is 5.75 Å². The Morgan fingerprint density at radius 1 is 1.00 bits per heavy atom. The van der Waals surface area contributed by atoms with E-state index in [1.807, 2.05) is 24.3 Å². The van der Waals surface area contributed by atoms with Gasteiger partial charge in [-0.3, -0.25) is 4.79 Å². The maximum atomic E-state index is 10.5. The van der Waals surface area contributed by atoms with E-state index < -0.39 is 34.8 Å². The van der Waals surface area contributed by atoms with Crippen LogP contribution in [-0.2, 0) is 11.2 Å². The second-order valence-corrected chi connectivity index (χ2v) is 5.38. The Hall–Kier alpha value is -4.23. The minimum absolute atomic E-state index is 0.0734. The normalized spacial score (nSPS) is 9.38. The first kappa shape index (κ1) is 22.8. The maximum absolute atomic E-state index is 10.5. The molecule has 1 heterocycles. The van der Waals surface area contributed by atoms with Gasteiger partial charge >= 0.3 is 11.9 Å². The number of hydrogen-bond donors (Lipinski definition) is 7. The van der Waals surface area contributed by atoms with E-state index in [1.165, 1.54) is 6.07 Å². The molecule has 0 aliphatic carbocycles. The second kappa shape index (κ2) is 10.8. The van der Waals surface area contributed by atoms with E-state index in [9.17, 15) is 9.59 Å². The van der Waals surface area contributed by atoms with Crippen LogP contribution in [0.25, 0.3) is 10.9 Å². The highest BCUT2D eigenvalue weighted by Gasteiger charge is 2.15. The number of phenolic OH excluding ortho intramolecular Hbond substituents is 2. The van der Waals surface area contributed by atoms with E-state index in [4.69, 9.17) is 35.9 Å². The van der Waals surface area contributed by atoms with Crippen molar-refractivity contribution < 1.29 is 40.2 Å². The molecule has 1 aromatic heterocycles. The lowest BCUT2D eigenvalue weighted by Crippen LogP contribution is -1.98. The smallest absolute Gasteiger partial charge is 0.339 e. The van der Waals surface area contributed by atoms with Gasteiger partial charge in [0.05, 0.1) is 12.5 Å². The van der Waals surface area contributed by atoms with Crippen LogP contribution in [0.5, 0.6) is 17.2 Å². The Labute approximate surface area is 164 Å². The zero-order valence-electron chi connectivity index (χ0n) is 14.9. The summed E-state index contributed by atoms with van der Waals surface area (Å²) in [6.07, 6.45) is 1.82. The molecule has 0 aliphatic heterocycles. The van der Waals surface area contributed by atoms with Crippen LogP contribution in [0.1, 0.15) is 15.9 Å². The summed E-state index contributed by atoms with van der Waals surface area (Å²) in [4.78, 5) is 23.9. The average molecular weight is 402 g/mol. The molecule has 2 aromatic carbocycles. The Morgan fingerprint density at radius 3 is 2.17 bits per heavy atom. The summed E-state index contributed by atoms with van der Waals surface area (Å²) in [6.45, 7) is -0.375. The number of aliphatic hydroxyl groups excluding tert-OH is 1. The summed E-state index contributed by atoms with van der Waals surface area (Å²) in [7, 11) is 0. The fourth-order valence-electron chi connectivity index (χ4n) is 2.18. The van der Waals surface area contributed by atoms with Gasteiger partial charge in [0, 0.05) is 17.1 Å². The number of aliphatic hydroxyl groups is 1. The van der Waals surface area contributed by atoms with Gasteiger partial charge in [0.25, 0.3) is 0 Å². The van der Waals surface area contributed by atoms with Gasteiger partial charge in [-0.15, -0.1) is 0 Å². The zero-order chi connectivity index (χ0) is 22.0. The van der Waals surface area contributed by atoms with Gasteiger partial charge in [0.1, 0.15) is 12.2 Å². The number of carbonyl (C=O) groups is 2. The highest BCUT2D eigenvalue weighted by molar-refractivity contribution is 5.92. The standard InChI is InChI=1S/C10H9NO2.C7H6O5.C2H3NO/c12-10(13)5-7-6-11-9-4-2-1-3-8(7)9;8-4-2-1-3(7(11)12)5(9)6(4)10;3-1-2-4/h1-4,6,11H,5H2,(H,12,13);1-2,8-10H,(H,11,12);4H,2H2. The number of benzene rings is 2. The first-order chi connectivity index (χ1) is 13.7. The summed E-state index contributed by atoms with van der Waals surface area (Å²) in [6, 6.07) is 11.1. The number of H-pyrrole nitrogens is 1. The van der Waals surface area contributed by atoms with E-state index in [0.717, 1.165) is 28.6 Å². The molecular weight excluding hydrogens is 384 g/mol. The van der Waals surface area contributed by atoms with E-state index >= 15 is 0 Å². The quantitative estimate of drug-likeness (QED) is 0.252. The fourth-order valence-corrected chi connectivity index (χ4v) is 2.18. The third-order valence-corrected chi connectivity index (χ3v) is 3.45. The lowest BCUT2D eigenvalue weighted by atomic mass is 10.1. The molecule has 152 valence electrons. The lowest BCUT2D eigenvalue weighted by Gasteiger charge is -2.02. The highest BCUT2D eigenvalue weighted by atomic mass is 16.4. The van der Waals surface area contributed by atoms with Crippen LogP contribution in [-0.4, -0.2) is 54.2 Å². The molecule has 7 N–H and O–H groups in total. The van der Waals surface area contributed by atoms with E-state index in [1.54, 1.807) is 6.20 Å². The SMILES string of the molecule is N#CCO.O=C(O)Cc1c[nH]c2ccccc12.O=C(O)c1ccc(O)c(O)c1O. The van der Waals surface area contributed by atoms with Crippen LogP contribution < -0.4 is 0 Å². The molecular formula is C19H18N2O8. The maximum Gasteiger partial charge on any atom is 0.339 e. The third kappa shape index (κ3) is 6.46. The molecule has 10 nitrogen and oxygen atoms in total. The van der Waals surface area contributed by atoms with Crippen LogP contribution in [0.3, 0.4) is 0 Å². The number of aromatic hydroxyl groups is 3. The van der Waals surface area contributed by atoms with Crippen molar-refractivity contribution in [1.82, 2.24) is 4.98 Å².